The molecule has 4 aliphatic rings. The van der Waals surface area contributed by atoms with Crippen LogP contribution in [-0.4, -0.2) is 11.2 Å². The lowest BCUT2D eigenvalue weighted by Crippen LogP contribution is -2.49. The Bertz CT molecular complexity index is 826. The predicted octanol–water partition coefficient (Wildman–Crippen LogP) is 7.94. The summed E-state index contributed by atoms with van der Waals surface area (Å²) in [6.07, 6.45) is 13.7. The highest BCUT2D eigenvalue weighted by Crippen LogP contribution is 2.67. The number of rotatable bonds is 5. The second-order valence-electron chi connectivity index (χ2n) is 12.2. The standard InChI is InChI=1S/C29H48O/c1-7-21(19(2)3)9-8-20(4)25-12-13-26-24-11-10-22-18-23(30)14-16-28(22,5)27(24)15-17-29(25,26)6/h7,11,19-20,22-23,25-27,30H,8-10,12-18H2,1-6H3/b21-7-/t20-,22+,23+,25-,26+,27+,28+,29-/m1/s1/i1D3,7D. The van der Waals surface area contributed by atoms with Gasteiger partial charge in [-0.1, -0.05) is 57.9 Å². The van der Waals surface area contributed by atoms with Crippen LogP contribution in [0.4, 0.5) is 0 Å². The van der Waals surface area contributed by atoms with Crippen LogP contribution in [0.5, 0.6) is 0 Å². The smallest absolute Gasteiger partial charge is 0.0572 e. The fourth-order valence-corrected chi connectivity index (χ4v) is 8.55. The molecule has 0 saturated heterocycles. The van der Waals surface area contributed by atoms with Gasteiger partial charge in [0.05, 0.1) is 7.47 Å². The van der Waals surface area contributed by atoms with Crippen LogP contribution in [0.1, 0.15) is 111 Å². The number of aliphatic hydroxyl groups is 1. The van der Waals surface area contributed by atoms with Gasteiger partial charge in [0, 0.05) is 4.11 Å². The zero-order valence-corrected chi connectivity index (χ0v) is 20.1. The first-order valence-electron chi connectivity index (χ1n) is 14.9. The second kappa shape index (κ2) is 8.42. The molecule has 1 N–H and O–H groups in total. The minimum Gasteiger partial charge on any atom is -0.393 e. The zero-order valence-electron chi connectivity index (χ0n) is 24.1. The third-order valence-corrected chi connectivity index (χ3v) is 10.5. The van der Waals surface area contributed by atoms with Gasteiger partial charge in [0.2, 0.25) is 0 Å². The second-order valence-corrected chi connectivity index (χ2v) is 12.2. The van der Waals surface area contributed by atoms with Gasteiger partial charge >= 0.3 is 0 Å². The lowest BCUT2D eigenvalue weighted by Gasteiger charge is -2.57. The maximum absolute atomic E-state index is 10.3. The van der Waals surface area contributed by atoms with Crippen molar-refractivity contribution in [3.63, 3.8) is 0 Å². The molecule has 1 heteroatoms. The largest absolute Gasteiger partial charge is 0.393 e. The summed E-state index contributed by atoms with van der Waals surface area (Å²) >= 11 is 0. The minimum absolute atomic E-state index is 0.0991. The van der Waals surface area contributed by atoms with E-state index in [1.54, 1.807) is 5.57 Å². The summed E-state index contributed by atoms with van der Waals surface area (Å²) < 4.78 is 31.4. The number of aliphatic hydroxyl groups excluding tert-OH is 1. The topological polar surface area (TPSA) is 20.2 Å². The Balaban J connectivity index is 1.49. The normalized spacial score (nSPS) is 47.6. The molecule has 0 bridgehead atoms. The maximum atomic E-state index is 10.3. The van der Waals surface area contributed by atoms with Crippen LogP contribution >= 0.6 is 0 Å². The Kier molecular flexibility index (Phi) is 5.03. The molecule has 30 heavy (non-hydrogen) atoms. The molecule has 3 saturated carbocycles. The number of hydrogen-bond acceptors (Lipinski definition) is 1. The number of fused-ring (bicyclic) bond motifs is 5. The minimum atomic E-state index is -2.30. The van der Waals surface area contributed by atoms with E-state index in [2.05, 4.69) is 26.8 Å². The molecule has 0 aromatic carbocycles. The molecule has 170 valence electrons. The molecule has 0 unspecified atom stereocenters. The van der Waals surface area contributed by atoms with E-state index in [1.165, 1.54) is 32.1 Å². The molecule has 0 heterocycles. The quantitative estimate of drug-likeness (QED) is 0.451. The van der Waals surface area contributed by atoms with Crippen molar-refractivity contribution in [1.29, 1.82) is 0 Å². The van der Waals surface area contributed by atoms with Gasteiger partial charge < -0.3 is 5.11 Å². The van der Waals surface area contributed by atoms with Crippen molar-refractivity contribution in [3.05, 3.63) is 23.3 Å². The summed E-state index contributed by atoms with van der Waals surface area (Å²) in [7, 11) is 0. The van der Waals surface area contributed by atoms with Crippen LogP contribution in [0, 0.1) is 46.3 Å². The van der Waals surface area contributed by atoms with E-state index in [9.17, 15) is 5.11 Å². The van der Waals surface area contributed by atoms with Crippen LogP contribution in [0.2, 0.25) is 0 Å². The van der Waals surface area contributed by atoms with Gasteiger partial charge in [0.15, 0.2) is 0 Å². The van der Waals surface area contributed by atoms with E-state index in [1.807, 2.05) is 13.8 Å². The molecule has 4 aliphatic carbocycles. The van der Waals surface area contributed by atoms with Crippen molar-refractivity contribution in [2.24, 2.45) is 46.3 Å². The Morgan fingerprint density at radius 3 is 2.63 bits per heavy atom. The first-order valence-corrected chi connectivity index (χ1v) is 12.9. The zero-order chi connectivity index (χ0) is 25.1. The highest BCUT2D eigenvalue weighted by atomic mass is 16.3. The SMILES string of the molecule is [2H]/C(=C(\CC[C@@H](C)[C@H]1CC[C@H]2C3=CC[C@H]4C[C@@H](O)CC[C@]4(C)[C@H]3CC[C@]12C)C(C)C)C([2H])([2H])[2H]. The molecule has 3 fully saturated rings. The third-order valence-electron chi connectivity index (χ3n) is 10.5. The van der Waals surface area contributed by atoms with E-state index in [-0.39, 0.29) is 18.1 Å². The number of hydrogen-bond donors (Lipinski definition) is 1. The monoisotopic (exact) mass is 416 g/mol. The average Bonchev–Trinajstić information content (AvgIpc) is 3.10. The van der Waals surface area contributed by atoms with E-state index < -0.39 is 6.85 Å². The van der Waals surface area contributed by atoms with Crippen molar-refractivity contribution in [2.45, 2.75) is 112 Å². The Morgan fingerprint density at radius 1 is 1.17 bits per heavy atom. The summed E-state index contributed by atoms with van der Waals surface area (Å²) in [4.78, 5) is 0. The Hall–Kier alpha value is -0.560. The van der Waals surface area contributed by atoms with Crippen molar-refractivity contribution in [2.75, 3.05) is 0 Å². The highest BCUT2D eigenvalue weighted by Gasteiger charge is 2.58. The Labute approximate surface area is 192 Å². The summed E-state index contributed by atoms with van der Waals surface area (Å²) in [5, 5.41) is 10.3. The molecule has 0 spiro atoms. The molecule has 0 aliphatic heterocycles. The average molecular weight is 417 g/mol. The van der Waals surface area contributed by atoms with Crippen LogP contribution in [-0.2, 0) is 0 Å². The van der Waals surface area contributed by atoms with Gasteiger partial charge in [-0.25, -0.2) is 0 Å². The van der Waals surface area contributed by atoms with E-state index >= 15 is 0 Å². The fourth-order valence-electron chi connectivity index (χ4n) is 8.55. The van der Waals surface area contributed by atoms with Gasteiger partial charge in [0.25, 0.3) is 0 Å². The predicted molar refractivity (Wildman–Crippen MR) is 128 cm³/mol. The van der Waals surface area contributed by atoms with E-state index in [0.717, 1.165) is 37.7 Å². The van der Waals surface area contributed by atoms with E-state index in [0.29, 0.717) is 40.4 Å². The summed E-state index contributed by atoms with van der Waals surface area (Å²) in [5.41, 5.74) is 3.29. The van der Waals surface area contributed by atoms with Gasteiger partial charge in [-0.3, -0.25) is 0 Å². The first kappa shape index (κ1) is 17.9. The fraction of sp³-hybridized carbons (Fsp3) is 0.862. The van der Waals surface area contributed by atoms with Gasteiger partial charge in [-0.05, 0) is 117 Å². The molecule has 4 rings (SSSR count). The molecular weight excluding hydrogens is 364 g/mol. The van der Waals surface area contributed by atoms with Crippen LogP contribution in [0.15, 0.2) is 23.3 Å². The van der Waals surface area contributed by atoms with Crippen molar-refractivity contribution in [1.82, 2.24) is 0 Å². The molecule has 1 nitrogen and oxygen atoms in total. The van der Waals surface area contributed by atoms with Crippen LogP contribution in [0.25, 0.3) is 0 Å². The first-order chi connectivity index (χ1) is 15.8. The third kappa shape index (κ3) is 3.66. The lowest BCUT2D eigenvalue weighted by atomic mass is 9.47. The van der Waals surface area contributed by atoms with E-state index in [4.69, 9.17) is 5.48 Å². The van der Waals surface area contributed by atoms with Gasteiger partial charge in [-0.15, -0.1) is 0 Å². The summed E-state index contributed by atoms with van der Waals surface area (Å²) in [6, 6.07) is -0.126. The van der Waals surface area contributed by atoms with Gasteiger partial charge in [-0.2, -0.15) is 0 Å². The summed E-state index contributed by atoms with van der Waals surface area (Å²) in [5.74, 6) is 3.36. The Morgan fingerprint density at radius 2 is 1.90 bits per heavy atom. The summed E-state index contributed by atoms with van der Waals surface area (Å²) in [6.45, 7) is 9.23. The molecule has 0 amide bonds. The van der Waals surface area contributed by atoms with Crippen LogP contribution in [0.3, 0.4) is 0 Å². The molecule has 0 aromatic heterocycles. The van der Waals surface area contributed by atoms with Crippen molar-refractivity contribution in [3.8, 4) is 0 Å². The lowest BCUT2D eigenvalue weighted by molar-refractivity contribution is -0.0427. The number of allylic oxidation sites excluding steroid dienone is 4. The van der Waals surface area contributed by atoms with Gasteiger partial charge in [0.1, 0.15) is 0 Å². The molecule has 8 atom stereocenters. The maximum Gasteiger partial charge on any atom is 0.0572 e. The van der Waals surface area contributed by atoms with Crippen LogP contribution < -0.4 is 0 Å². The highest BCUT2D eigenvalue weighted by molar-refractivity contribution is 5.27. The molecular formula is C29H48O. The van der Waals surface area contributed by atoms with Crippen molar-refractivity contribution >= 4 is 0 Å². The molecule has 0 radical (unpaired) electrons. The van der Waals surface area contributed by atoms with Crippen molar-refractivity contribution < 1.29 is 10.6 Å². The molecule has 0 aromatic rings.